The minimum Gasteiger partial charge on any atom is -0.392 e. The Kier molecular flexibility index (Phi) is 5.03. The van der Waals surface area contributed by atoms with Crippen molar-refractivity contribution in [1.29, 1.82) is 0 Å². The van der Waals surface area contributed by atoms with Gasteiger partial charge in [0.2, 0.25) is 10.0 Å². The highest BCUT2D eigenvalue weighted by molar-refractivity contribution is 7.89. The number of aliphatic hydroxyl groups excluding tert-OH is 1. The summed E-state index contributed by atoms with van der Waals surface area (Å²) < 4.78 is 32.8. The van der Waals surface area contributed by atoms with Gasteiger partial charge in [-0.3, -0.25) is 0 Å². The number of ether oxygens (including phenoxy) is 1. The molecule has 0 bridgehead atoms. The summed E-state index contributed by atoms with van der Waals surface area (Å²) in [7, 11) is -1.96. The number of aliphatic hydroxyl groups is 1. The Morgan fingerprint density at radius 2 is 2.05 bits per heavy atom. The third-order valence-electron chi connectivity index (χ3n) is 4.32. The minimum atomic E-state index is -3.58. The quantitative estimate of drug-likeness (QED) is 0.801. The molecule has 1 aromatic rings. The molecule has 5 nitrogen and oxygen atoms in total. The molecule has 0 aromatic heterocycles. The number of sulfonamides is 1. The van der Waals surface area contributed by atoms with Crippen LogP contribution in [0.5, 0.6) is 0 Å². The molecule has 21 heavy (non-hydrogen) atoms. The van der Waals surface area contributed by atoms with Crippen molar-refractivity contribution in [3.05, 3.63) is 29.3 Å². The molecule has 1 aromatic carbocycles. The standard InChI is InChI=1S/C15H23NO4S/c1-3-12-5-6-14(9-13(12)10-17)21(18,19)16-11-15(20-2)7-4-8-15/h5-6,9,16-17H,3-4,7-8,10-11H2,1-2H3. The van der Waals surface area contributed by atoms with Crippen LogP contribution in [0.2, 0.25) is 0 Å². The first-order valence-electron chi connectivity index (χ1n) is 7.24. The monoisotopic (exact) mass is 313 g/mol. The molecule has 0 saturated heterocycles. The lowest BCUT2D eigenvalue weighted by Gasteiger charge is -2.40. The summed E-state index contributed by atoms with van der Waals surface area (Å²) in [6.45, 7) is 2.10. The van der Waals surface area contributed by atoms with E-state index in [2.05, 4.69) is 4.72 Å². The van der Waals surface area contributed by atoms with Gasteiger partial charge in [-0.15, -0.1) is 0 Å². The Hall–Kier alpha value is -0.950. The number of nitrogens with one attached hydrogen (secondary N) is 1. The Morgan fingerprint density at radius 3 is 2.52 bits per heavy atom. The van der Waals surface area contributed by atoms with Crippen LogP contribution in [-0.2, 0) is 27.8 Å². The van der Waals surface area contributed by atoms with E-state index in [0.717, 1.165) is 31.2 Å². The van der Waals surface area contributed by atoms with Crippen LogP contribution >= 0.6 is 0 Å². The van der Waals surface area contributed by atoms with Gasteiger partial charge in [-0.1, -0.05) is 13.0 Å². The molecule has 0 aliphatic heterocycles. The molecule has 0 amide bonds. The molecule has 2 rings (SSSR count). The molecule has 0 spiro atoms. The summed E-state index contributed by atoms with van der Waals surface area (Å²) in [5.74, 6) is 0. The van der Waals surface area contributed by atoms with Gasteiger partial charge in [-0.05, 0) is 48.9 Å². The minimum absolute atomic E-state index is 0.158. The lowest BCUT2D eigenvalue weighted by Crippen LogP contribution is -2.49. The smallest absolute Gasteiger partial charge is 0.240 e. The number of rotatable bonds is 7. The Balaban J connectivity index is 2.15. The Bertz CT molecular complexity index is 588. The van der Waals surface area contributed by atoms with E-state index in [1.807, 2.05) is 6.92 Å². The molecule has 2 N–H and O–H groups in total. The zero-order valence-electron chi connectivity index (χ0n) is 12.6. The van der Waals surface area contributed by atoms with Gasteiger partial charge in [0.15, 0.2) is 0 Å². The van der Waals surface area contributed by atoms with Gasteiger partial charge >= 0.3 is 0 Å². The zero-order valence-corrected chi connectivity index (χ0v) is 13.4. The summed E-state index contributed by atoms with van der Waals surface area (Å²) in [5.41, 5.74) is 1.27. The normalized spacial score (nSPS) is 17.5. The third-order valence-corrected chi connectivity index (χ3v) is 5.72. The van der Waals surface area contributed by atoms with Crippen molar-refractivity contribution < 1.29 is 18.3 Å². The SMILES string of the molecule is CCc1ccc(S(=O)(=O)NCC2(OC)CCC2)cc1CO. The topological polar surface area (TPSA) is 75.6 Å². The molecule has 118 valence electrons. The Labute approximate surface area is 126 Å². The maximum absolute atomic E-state index is 12.4. The third kappa shape index (κ3) is 3.45. The molecule has 1 aliphatic carbocycles. The van der Waals surface area contributed by atoms with Crippen LogP contribution in [0.3, 0.4) is 0 Å². The van der Waals surface area contributed by atoms with E-state index >= 15 is 0 Å². The highest BCUT2D eigenvalue weighted by Gasteiger charge is 2.38. The lowest BCUT2D eigenvalue weighted by molar-refractivity contribution is -0.0659. The molecule has 1 saturated carbocycles. The van der Waals surface area contributed by atoms with Gasteiger partial charge < -0.3 is 9.84 Å². The first kappa shape index (κ1) is 16.4. The van der Waals surface area contributed by atoms with Gasteiger partial charge in [-0.25, -0.2) is 13.1 Å². The number of hydrogen-bond donors (Lipinski definition) is 2. The summed E-state index contributed by atoms with van der Waals surface area (Å²) in [4.78, 5) is 0.189. The van der Waals surface area contributed by atoms with E-state index in [4.69, 9.17) is 4.74 Å². The molecule has 1 fully saturated rings. The summed E-state index contributed by atoms with van der Waals surface area (Å²) >= 11 is 0. The lowest BCUT2D eigenvalue weighted by atomic mass is 9.80. The van der Waals surface area contributed by atoms with Crippen LogP contribution in [0.25, 0.3) is 0 Å². The van der Waals surface area contributed by atoms with Crippen LogP contribution in [0, 0.1) is 0 Å². The predicted molar refractivity (Wildman–Crippen MR) is 80.5 cm³/mol. The second-order valence-electron chi connectivity index (χ2n) is 5.51. The number of aryl methyl sites for hydroxylation is 1. The maximum atomic E-state index is 12.4. The van der Waals surface area contributed by atoms with E-state index in [-0.39, 0.29) is 23.6 Å². The summed E-state index contributed by atoms with van der Waals surface area (Å²) in [6, 6.07) is 4.89. The van der Waals surface area contributed by atoms with E-state index < -0.39 is 10.0 Å². The second kappa shape index (κ2) is 6.44. The van der Waals surface area contributed by atoms with Crippen LogP contribution in [0.1, 0.15) is 37.3 Å². The van der Waals surface area contributed by atoms with Crippen molar-refractivity contribution in [3.8, 4) is 0 Å². The highest BCUT2D eigenvalue weighted by atomic mass is 32.2. The molecule has 0 unspecified atom stereocenters. The molecule has 1 aliphatic rings. The summed E-state index contributed by atoms with van der Waals surface area (Å²) in [6.07, 6.45) is 3.58. The van der Waals surface area contributed by atoms with Crippen LogP contribution < -0.4 is 4.72 Å². The van der Waals surface area contributed by atoms with Crippen LogP contribution in [-0.4, -0.2) is 32.8 Å². The van der Waals surface area contributed by atoms with E-state index in [1.54, 1.807) is 25.3 Å². The van der Waals surface area contributed by atoms with Crippen molar-refractivity contribution in [2.24, 2.45) is 0 Å². The fourth-order valence-electron chi connectivity index (χ4n) is 2.60. The fraction of sp³-hybridized carbons (Fsp3) is 0.600. The van der Waals surface area contributed by atoms with Crippen molar-refractivity contribution in [2.75, 3.05) is 13.7 Å². The average molecular weight is 313 g/mol. The molecular weight excluding hydrogens is 290 g/mol. The van der Waals surface area contributed by atoms with Crippen LogP contribution in [0.4, 0.5) is 0 Å². The van der Waals surface area contributed by atoms with Gasteiger partial charge in [-0.2, -0.15) is 0 Å². The van der Waals surface area contributed by atoms with Crippen LogP contribution in [0.15, 0.2) is 23.1 Å². The van der Waals surface area contributed by atoms with Crippen molar-refractivity contribution in [2.45, 2.75) is 49.7 Å². The van der Waals surface area contributed by atoms with Gasteiger partial charge in [0, 0.05) is 13.7 Å². The zero-order chi connectivity index (χ0) is 15.5. The first-order chi connectivity index (χ1) is 9.96. The average Bonchev–Trinajstić information content (AvgIpc) is 2.45. The van der Waals surface area contributed by atoms with Gasteiger partial charge in [0.05, 0.1) is 17.1 Å². The van der Waals surface area contributed by atoms with Crippen molar-refractivity contribution >= 4 is 10.0 Å². The Morgan fingerprint density at radius 1 is 1.33 bits per heavy atom. The van der Waals surface area contributed by atoms with E-state index in [0.29, 0.717) is 5.56 Å². The molecule has 0 radical (unpaired) electrons. The van der Waals surface area contributed by atoms with E-state index in [1.165, 1.54) is 0 Å². The second-order valence-corrected chi connectivity index (χ2v) is 7.27. The number of methoxy groups -OCH3 is 1. The molecule has 6 heteroatoms. The fourth-order valence-corrected chi connectivity index (χ4v) is 3.76. The predicted octanol–water partition coefficient (Wildman–Crippen LogP) is 1.59. The van der Waals surface area contributed by atoms with Crippen molar-refractivity contribution in [1.82, 2.24) is 4.72 Å². The molecule has 0 heterocycles. The maximum Gasteiger partial charge on any atom is 0.240 e. The van der Waals surface area contributed by atoms with E-state index in [9.17, 15) is 13.5 Å². The van der Waals surface area contributed by atoms with Gasteiger partial charge in [0.1, 0.15) is 0 Å². The first-order valence-corrected chi connectivity index (χ1v) is 8.72. The molecular formula is C15H23NO4S. The summed E-state index contributed by atoms with van der Waals surface area (Å²) in [5, 5.41) is 9.35. The van der Waals surface area contributed by atoms with Crippen molar-refractivity contribution in [3.63, 3.8) is 0 Å². The highest BCUT2D eigenvalue weighted by Crippen LogP contribution is 2.34. The van der Waals surface area contributed by atoms with Gasteiger partial charge in [0.25, 0.3) is 0 Å². The largest absolute Gasteiger partial charge is 0.392 e. The number of hydrogen-bond acceptors (Lipinski definition) is 4. The number of benzene rings is 1. The molecule has 0 atom stereocenters.